The number of nitriles is 1. The summed E-state index contributed by atoms with van der Waals surface area (Å²) in [5.41, 5.74) is 1.58. The van der Waals surface area contributed by atoms with E-state index in [1.807, 2.05) is 37.7 Å². The van der Waals surface area contributed by atoms with Crippen LogP contribution in [-0.2, 0) is 4.74 Å². The van der Waals surface area contributed by atoms with Gasteiger partial charge in [0.25, 0.3) is 0 Å². The summed E-state index contributed by atoms with van der Waals surface area (Å²) < 4.78 is 41.3. The molecule has 0 aliphatic heterocycles. The first-order chi connectivity index (χ1) is 17.6. The molecule has 7 nitrogen and oxygen atoms in total. The lowest BCUT2D eigenvalue weighted by Gasteiger charge is -2.30. The van der Waals surface area contributed by atoms with Gasteiger partial charge in [0.15, 0.2) is 11.6 Å². The highest BCUT2D eigenvalue weighted by atomic mass is 19.1. The van der Waals surface area contributed by atoms with E-state index in [4.69, 9.17) is 19.8 Å². The normalized spacial score (nSPS) is 17.6. The molecule has 0 bridgehead atoms. The van der Waals surface area contributed by atoms with E-state index in [2.05, 4.69) is 5.32 Å². The third kappa shape index (κ3) is 6.08. The number of aromatic nitrogens is 2. The van der Waals surface area contributed by atoms with Crippen molar-refractivity contribution in [2.24, 2.45) is 0 Å². The van der Waals surface area contributed by atoms with Gasteiger partial charge in [0.1, 0.15) is 23.2 Å². The quantitative estimate of drug-likeness (QED) is 0.432. The van der Waals surface area contributed by atoms with E-state index in [1.54, 1.807) is 12.1 Å². The summed E-state index contributed by atoms with van der Waals surface area (Å²) in [6.07, 6.45) is 4.43. The average molecular weight is 509 g/mol. The Hall–Kier alpha value is -3.93. The smallest absolute Gasteiger partial charge is 0.407 e. The van der Waals surface area contributed by atoms with Gasteiger partial charge in [0.2, 0.25) is 0 Å². The van der Waals surface area contributed by atoms with Crippen molar-refractivity contribution in [1.82, 2.24) is 15.1 Å². The minimum atomic E-state index is -0.631. The number of methoxy groups -OCH3 is 1. The molecule has 194 valence electrons. The molecule has 0 spiro atoms. The maximum atomic E-state index is 14.5. The summed E-state index contributed by atoms with van der Waals surface area (Å²) in [5.74, 6) is -1.04. The van der Waals surface area contributed by atoms with Crippen LogP contribution in [0.4, 0.5) is 13.6 Å². The van der Waals surface area contributed by atoms with Crippen LogP contribution in [0, 0.1) is 23.0 Å². The molecule has 1 N–H and O–H groups in total. The van der Waals surface area contributed by atoms with Gasteiger partial charge in [-0.1, -0.05) is 6.07 Å². The number of hydrogen-bond acceptors (Lipinski definition) is 5. The number of alkyl carbamates (subject to hydrolysis) is 1. The molecule has 1 aliphatic carbocycles. The zero-order chi connectivity index (χ0) is 26.7. The minimum absolute atomic E-state index is 0.00362. The fraction of sp³-hybridized carbons (Fsp3) is 0.393. The van der Waals surface area contributed by atoms with E-state index < -0.39 is 23.3 Å². The number of amides is 1. The van der Waals surface area contributed by atoms with E-state index in [-0.39, 0.29) is 23.4 Å². The molecule has 1 saturated carbocycles. The summed E-state index contributed by atoms with van der Waals surface area (Å²) in [7, 11) is 1.39. The lowest BCUT2D eigenvalue weighted by molar-refractivity contribution is 0.0487. The van der Waals surface area contributed by atoms with E-state index in [0.29, 0.717) is 22.4 Å². The van der Waals surface area contributed by atoms with Crippen molar-refractivity contribution in [3.05, 3.63) is 59.8 Å². The van der Waals surface area contributed by atoms with E-state index in [0.717, 1.165) is 25.7 Å². The first-order valence-corrected chi connectivity index (χ1v) is 12.2. The van der Waals surface area contributed by atoms with Gasteiger partial charge in [-0.2, -0.15) is 10.4 Å². The number of carbonyl (C=O) groups excluding carboxylic acids is 1. The monoisotopic (exact) mass is 508 g/mol. The summed E-state index contributed by atoms with van der Waals surface area (Å²) in [6, 6.07) is 10.8. The lowest BCUT2D eigenvalue weighted by atomic mass is 9.91. The maximum absolute atomic E-state index is 14.5. The molecular weight excluding hydrogens is 478 g/mol. The number of carbonyl (C=O) groups is 1. The number of hydrogen-bond donors (Lipinski definition) is 1. The topological polar surface area (TPSA) is 89.2 Å². The lowest BCUT2D eigenvalue weighted by Crippen LogP contribution is -2.41. The first-order valence-electron chi connectivity index (χ1n) is 12.2. The predicted octanol–water partition coefficient (Wildman–Crippen LogP) is 6.38. The second kappa shape index (κ2) is 10.6. The Morgan fingerprint density at radius 3 is 2.35 bits per heavy atom. The Balaban J connectivity index is 1.61. The Labute approximate surface area is 215 Å². The standard InChI is InChI=1S/C28H30F2N4O3/c1-28(2,3)37-27(35)32-20-8-10-21(11-9-20)34-16-22(17-5-6-19(15-31)23(29)13-17)26(33-34)18-7-12-25(36-4)24(30)14-18/h5-7,12-14,16,20-21H,8-11H2,1-4H3,(H,32,35). The molecule has 2 aromatic carbocycles. The fourth-order valence-electron chi connectivity index (χ4n) is 4.55. The first kappa shape index (κ1) is 26.1. The molecular formula is C28H30F2N4O3. The van der Waals surface area contributed by atoms with Crippen molar-refractivity contribution in [3.63, 3.8) is 0 Å². The van der Waals surface area contributed by atoms with Gasteiger partial charge in [-0.25, -0.2) is 13.6 Å². The molecule has 3 aromatic rings. The highest BCUT2D eigenvalue weighted by molar-refractivity contribution is 5.81. The number of halogens is 2. The Kier molecular flexibility index (Phi) is 7.48. The molecule has 1 heterocycles. The zero-order valence-electron chi connectivity index (χ0n) is 21.3. The van der Waals surface area contributed by atoms with Crippen LogP contribution in [-0.4, -0.2) is 34.6 Å². The van der Waals surface area contributed by atoms with Gasteiger partial charge >= 0.3 is 6.09 Å². The van der Waals surface area contributed by atoms with Crippen LogP contribution in [0.25, 0.3) is 22.4 Å². The molecule has 0 unspecified atom stereocenters. The van der Waals surface area contributed by atoms with Gasteiger partial charge in [0, 0.05) is 23.4 Å². The highest BCUT2D eigenvalue weighted by Crippen LogP contribution is 2.37. The van der Waals surface area contributed by atoms with Crippen LogP contribution in [0.2, 0.25) is 0 Å². The van der Waals surface area contributed by atoms with Crippen LogP contribution in [0.5, 0.6) is 5.75 Å². The second-order valence-corrected chi connectivity index (χ2v) is 10.2. The number of nitrogens with zero attached hydrogens (tertiary/aromatic N) is 3. The number of benzene rings is 2. The molecule has 0 radical (unpaired) electrons. The molecule has 4 rings (SSSR count). The third-order valence-electron chi connectivity index (χ3n) is 6.35. The molecule has 1 fully saturated rings. The Bertz CT molecular complexity index is 1330. The zero-order valence-corrected chi connectivity index (χ0v) is 21.3. The summed E-state index contributed by atoms with van der Waals surface area (Å²) in [5, 5.41) is 16.8. The van der Waals surface area contributed by atoms with Crippen LogP contribution in [0.3, 0.4) is 0 Å². The number of rotatable bonds is 5. The average Bonchev–Trinajstić information content (AvgIpc) is 3.28. The van der Waals surface area contributed by atoms with Crippen LogP contribution in [0.1, 0.15) is 58.1 Å². The fourth-order valence-corrected chi connectivity index (χ4v) is 4.55. The van der Waals surface area contributed by atoms with E-state index in [1.165, 1.54) is 31.4 Å². The molecule has 1 aromatic heterocycles. The van der Waals surface area contributed by atoms with Crippen LogP contribution < -0.4 is 10.1 Å². The molecule has 1 aliphatic rings. The molecule has 0 saturated heterocycles. The number of ether oxygens (including phenoxy) is 2. The highest BCUT2D eigenvalue weighted by Gasteiger charge is 2.27. The summed E-state index contributed by atoms with van der Waals surface area (Å²) >= 11 is 0. The SMILES string of the molecule is COc1ccc(-c2nn(C3CCC(NC(=O)OC(C)(C)C)CC3)cc2-c2ccc(C#N)c(F)c2)cc1F. The van der Waals surface area contributed by atoms with Crippen molar-refractivity contribution in [2.75, 3.05) is 7.11 Å². The van der Waals surface area contributed by atoms with Crippen molar-refractivity contribution < 1.29 is 23.0 Å². The Morgan fingerprint density at radius 2 is 1.76 bits per heavy atom. The van der Waals surface area contributed by atoms with Gasteiger partial charge < -0.3 is 14.8 Å². The van der Waals surface area contributed by atoms with Crippen molar-refractivity contribution >= 4 is 6.09 Å². The Morgan fingerprint density at radius 1 is 1.08 bits per heavy atom. The van der Waals surface area contributed by atoms with Crippen molar-refractivity contribution in [3.8, 4) is 34.2 Å². The summed E-state index contributed by atoms with van der Waals surface area (Å²) in [6.45, 7) is 5.47. The summed E-state index contributed by atoms with van der Waals surface area (Å²) in [4.78, 5) is 12.1. The van der Waals surface area contributed by atoms with Gasteiger partial charge in [-0.05, 0) is 82.3 Å². The largest absolute Gasteiger partial charge is 0.494 e. The van der Waals surface area contributed by atoms with Crippen molar-refractivity contribution in [1.29, 1.82) is 5.26 Å². The molecule has 37 heavy (non-hydrogen) atoms. The molecule has 9 heteroatoms. The van der Waals surface area contributed by atoms with Gasteiger partial charge in [0.05, 0.1) is 18.7 Å². The van der Waals surface area contributed by atoms with Gasteiger partial charge in [-0.3, -0.25) is 4.68 Å². The molecule has 1 amide bonds. The maximum Gasteiger partial charge on any atom is 0.407 e. The van der Waals surface area contributed by atoms with E-state index in [9.17, 15) is 13.6 Å². The van der Waals surface area contributed by atoms with Crippen molar-refractivity contribution in [2.45, 2.75) is 64.1 Å². The third-order valence-corrected chi connectivity index (χ3v) is 6.35. The number of nitrogens with one attached hydrogen (secondary N) is 1. The predicted molar refractivity (Wildman–Crippen MR) is 135 cm³/mol. The van der Waals surface area contributed by atoms with Crippen LogP contribution in [0.15, 0.2) is 42.6 Å². The second-order valence-electron chi connectivity index (χ2n) is 10.2. The van der Waals surface area contributed by atoms with Gasteiger partial charge in [-0.15, -0.1) is 0 Å². The minimum Gasteiger partial charge on any atom is -0.494 e. The molecule has 0 atom stereocenters. The van der Waals surface area contributed by atoms with E-state index >= 15 is 0 Å². The van der Waals surface area contributed by atoms with Crippen LogP contribution >= 0.6 is 0 Å².